The molecule has 0 radical (unpaired) electrons. The number of aryl methyl sites for hydroxylation is 1. The van der Waals surface area contributed by atoms with E-state index in [1.54, 1.807) is 0 Å². The van der Waals surface area contributed by atoms with E-state index >= 15 is 0 Å². The van der Waals surface area contributed by atoms with Crippen molar-refractivity contribution in [1.29, 1.82) is 0 Å². The molecule has 2 rings (SSSR count). The fourth-order valence-corrected chi connectivity index (χ4v) is 1.95. The quantitative estimate of drug-likeness (QED) is 0.705. The molecular formula is C10H17N3. The molecule has 3 heteroatoms. The number of aromatic nitrogens is 2. The minimum absolute atomic E-state index is 0.576. The van der Waals surface area contributed by atoms with Crippen molar-refractivity contribution < 1.29 is 0 Å². The Morgan fingerprint density at radius 2 is 2.15 bits per heavy atom. The predicted octanol–water partition coefficient (Wildman–Crippen LogP) is 1.34. The zero-order valence-electron chi connectivity index (χ0n) is 8.59. The average Bonchev–Trinajstić information content (AvgIpc) is 2.70. The standard InChI is InChI=1S/C10H17N3/c1-7-8(2)12-13(9(7)3)10-4-5-11-6-10/h10-11H,4-6H2,1-3H3. The molecule has 1 N–H and O–H groups in total. The van der Waals surface area contributed by atoms with E-state index in [2.05, 4.69) is 35.9 Å². The van der Waals surface area contributed by atoms with Gasteiger partial charge in [0.1, 0.15) is 0 Å². The van der Waals surface area contributed by atoms with Crippen LogP contribution in [0.1, 0.15) is 29.4 Å². The van der Waals surface area contributed by atoms with E-state index in [0.29, 0.717) is 6.04 Å². The molecule has 1 fully saturated rings. The van der Waals surface area contributed by atoms with Crippen LogP contribution in [0.5, 0.6) is 0 Å². The van der Waals surface area contributed by atoms with Crippen LogP contribution in [0.25, 0.3) is 0 Å². The van der Waals surface area contributed by atoms with Gasteiger partial charge in [-0.2, -0.15) is 5.10 Å². The van der Waals surface area contributed by atoms with Crippen LogP contribution in [0.15, 0.2) is 0 Å². The van der Waals surface area contributed by atoms with E-state index in [1.807, 2.05) is 0 Å². The van der Waals surface area contributed by atoms with Crippen molar-refractivity contribution in [1.82, 2.24) is 15.1 Å². The molecule has 0 aromatic carbocycles. The summed E-state index contributed by atoms with van der Waals surface area (Å²) in [6.45, 7) is 8.59. The van der Waals surface area contributed by atoms with Gasteiger partial charge in [0.25, 0.3) is 0 Å². The van der Waals surface area contributed by atoms with Gasteiger partial charge in [0.15, 0.2) is 0 Å². The second kappa shape index (κ2) is 3.14. The predicted molar refractivity (Wildman–Crippen MR) is 53.0 cm³/mol. The largest absolute Gasteiger partial charge is 0.315 e. The van der Waals surface area contributed by atoms with Crippen LogP contribution in [-0.4, -0.2) is 22.9 Å². The third-order valence-electron chi connectivity index (χ3n) is 3.07. The van der Waals surface area contributed by atoms with Crippen LogP contribution >= 0.6 is 0 Å². The molecule has 1 aromatic rings. The zero-order chi connectivity index (χ0) is 9.42. The van der Waals surface area contributed by atoms with Crippen LogP contribution in [-0.2, 0) is 0 Å². The van der Waals surface area contributed by atoms with Crippen molar-refractivity contribution in [2.24, 2.45) is 0 Å². The van der Waals surface area contributed by atoms with Gasteiger partial charge in [-0.1, -0.05) is 0 Å². The Morgan fingerprint density at radius 3 is 2.62 bits per heavy atom. The van der Waals surface area contributed by atoms with Crippen molar-refractivity contribution in [3.63, 3.8) is 0 Å². The Kier molecular flexibility index (Phi) is 2.12. The maximum absolute atomic E-state index is 4.57. The molecule has 2 heterocycles. The fourth-order valence-electron chi connectivity index (χ4n) is 1.95. The summed E-state index contributed by atoms with van der Waals surface area (Å²) in [7, 11) is 0. The molecule has 0 spiro atoms. The zero-order valence-corrected chi connectivity index (χ0v) is 8.59. The molecule has 72 valence electrons. The Morgan fingerprint density at radius 1 is 1.38 bits per heavy atom. The van der Waals surface area contributed by atoms with Gasteiger partial charge in [-0.3, -0.25) is 4.68 Å². The summed E-state index contributed by atoms with van der Waals surface area (Å²) in [6, 6.07) is 0.576. The number of nitrogens with zero attached hydrogens (tertiary/aromatic N) is 2. The summed E-state index contributed by atoms with van der Waals surface area (Å²) >= 11 is 0. The van der Waals surface area contributed by atoms with Crippen molar-refractivity contribution in [2.75, 3.05) is 13.1 Å². The first-order valence-electron chi connectivity index (χ1n) is 4.93. The van der Waals surface area contributed by atoms with E-state index in [9.17, 15) is 0 Å². The van der Waals surface area contributed by atoms with Crippen molar-refractivity contribution in [3.05, 3.63) is 17.0 Å². The summed E-state index contributed by atoms with van der Waals surface area (Å²) in [5.74, 6) is 0. The first kappa shape index (κ1) is 8.75. The van der Waals surface area contributed by atoms with Gasteiger partial charge < -0.3 is 5.32 Å². The van der Waals surface area contributed by atoms with Gasteiger partial charge in [-0.05, 0) is 39.3 Å². The van der Waals surface area contributed by atoms with Gasteiger partial charge in [-0.15, -0.1) is 0 Å². The van der Waals surface area contributed by atoms with Gasteiger partial charge in [-0.25, -0.2) is 0 Å². The molecule has 1 unspecified atom stereocenters. The molecule has 0 aliphatic carbocycles. The summed E-state index contributed by atoms with van der Waals surface area (Å²) in [4.78, 5) is 0. The highest BCUT2D eigenvalue weighted by Crippen LogP contribution is 2.20. The van der Waals surface area contributed by atoms with E-state index in [-0.39, 0.29) is 0 Å². The second-order valence-corrected chi connectivity index (χ2v) is 3.89. The molecule has 1 aromatic heterocycles. The van der Waals surface area contributed by atoms with E-state index in [0.717, 1.165) is 13.1 Å². The Hall–Kier alpha value is -0.830. The first-order valence-corrected chi connectivity index (χ1v) is 4.93. The normalized spacial score (nSPS) is 22.5. The molecule has 0 saturated carbocycles. The summed E-state index contributed by atoms with van der Waals surface area (Å²) < 4.78 is 2.19. The highest BCUT2D eigenvalue weighted by atomic mass is 15.3. The SMILES string of the molecule is Cc1nn(C2CCNC2)c(C)c1C. The third kappa shape index (κ3) is 1.37. The first-order chi connectivity index (χ1) is 6.20. The van der Waals surface area contributed by atoms with Crippen LogP contribution < -0.4 is 5.32 Å². The fraction of sp³-hybridized carbons (Fsp3) is 0.700. The maximum Gasteiger partial charge on any atom is 0.0658 e. The third-order valence-corrected chi connectivity index (χ3v) is 3.07. The van der Waals surface area contributed by atoms with Crippen LogP contribution in [0, 0.1) is 20.8 Å². The van der Waals surface area contributed by atoms with Gasteiger partial charge in [0.05, 0.1) is 11.7 Å². The number of hydrogen-bond acceptors (Lipinski definition) is 2. The minimum atomic E-state index is 0.576. The highest BCUT2D eigenvalue weighted by molar-refractivity contribution is 5.22. The molecule has 1 aliphatic rings. The topological polar surface area (TPSA) is 29.9 Å². The Labute approximate surface area is 79.1 Å². The van der Waals surface area contributed by atoms with Gasteiger partial charge >= 0.3 is 0 Å². The van der Waals surface area contributed by atoms with Crippen molar-refractivity contribution in [3.8, 4) is 0 Å². The van der Waals surface area contributed by atoms with Crippen molar-refractivity contribution >= 4 is 0 Å². The summed E-state index contributed by atoms with van der Waals surface area (Å²) in [6.07, 6.45) is 1.21. The molecule has 1 atom stereocenters. The molecular weight excluding hydrogens is 162 g/mol. The summed E-state index contributed by atoms with van der Waals surface area (Å²) in [5, 5.41) is 7.93. The highest BCUT2D eigenvalue weighted by Gasteiger charge is 2.20. The number of rotatable bonds is 1. The smallest absolute Gasteiger partial charge is 0.0658 e. The molecule has 0 amide bonds. The van der Waals surface area contributed by atoms with Crippen LogP contribution in [0.4, 0.5) is 0 Å². The average molecular weight is 179 g/mol. The lowest BCUT2D eigenvalue weighted by Crippen LogP contribution is -2.15. The van der Waals surface area contributed by atoms with E-state index in [4.69, 9.17) is 0 Å². The van der Waals surface area contributed by atoms with Crippen molar-refractivity contribution in [2.45, 2.75) is 33.2 Å². The van der Waals surface area contributed by atoms with Crippen LogP contribution in [0.2, 0.25) is 0 Å². The minimum Gasteiger partial charge on any atom is -0.315 e. The number of hydrogen-bond donors (Lipinski definition) is 1. The maximum atomic E-state index is 4.57. The molecule has 3 nitrogen and oxygen atoms in total. The second-order valence-electron chi connectivity index (χ2n) is 3.89. The lowest BCUT2D eigenvalue weighted by atomic mass is 10.2. The Bertz CT molecular complexity index is 308. The molecule has 1 aliphatic heterocycles. The van der Waals surface area contributed by atoms with E-state index < -0.39 is 0 Å². The molecule has 0 bridgehead atoms. The monoisotopic (exact) mass is 179 g/mol. The lowest BCUT2D eigenvalue weighted by molar-refractivity contribution is 0.477. The number of nitrogens with one attached hydrogen (secondary N) is 1. The molecule has 13 heavy (non-hydrogen) atoms. The molecule has 1 saturated heterocycles. The lowest BCUT2D eigenvalue weighted by Gasteiger charge is -2.11. The summed E-state index contributed by atoms with van der Waals surface area (Å²) in [5.41, 5.74) is 3.84. The van der Waals surface area contributed by atoms with Crippen LogP contribution in [0.3, 0.4) is 0 Å². The van der Waals surface area contributed by atoms with Gasteiger partial charge in [0, 0.05) is 12.2 Å². The van der Waals surface area contributed by atoms with Gasteiger partial charge in [0.2, 0.25) is 0 Å². The Balaban J connectivity index is 2.34. The van der Waals surface area contributed by atoms with E-state index in [1.165, 1.54) is 23.4 Å².